The quantitative estimate of drug-likeness (QED) is 0.258. The van der Waals surface area contributed by atoms with Gasteiger partial charge in [-0.15, -0.1) is 24.0 Å². The molecule has 3 unspecified atom stereocenters. The van der Waals surface area contributed by atoms with Gasteiger partial charge in [-0.3, -0.25) is 9.89 Å². The SMILES string of the molecule is CCNC(=NCC(C)(O)CN1CCOCC1)NCC1CCCOC1c1ccc(C)cc1.I. The highest BCUT2D eigenvalue weighted by Crippen LogP contribution is 2.33. The van der Waals surface area contributed by atoms with Crippen molar-refractivity contribution in [3.63, 3.8) is 0 Å². The number of morpholine rings is 1. The number of aryl methyl sites for hydroxylation is 1. The maximum atomic E-state index is 10.8. The van der Waals surface area contributed by atoms with Crippen LogP contribution in [0.2, 0.25) is 0 Å². The zero-order valence-corrected chi connectivity index (χ0v) is 22.1. The van der Waals surface area contributed by atoms with E-state index in [0.29, 0.717) is 19.0 Å². The van der Waals surface area contributed by atoms with E-state index in [1.54, 1.807) is 0 Å². The number of aliphatic imine (C=N–C) groups is 1. The van der Waals surface area contributed by atoms with Gasteiger partial charge in [0.15, 0.2) is 5.96 Å². The normalized spacial score (nSPS) is 24.3. The number of guanidine groups is 1. The number of ether oxygens (including phenoxy) is 2. The maximum Gasteiger partial charge on any atom is 0.191 e. The lowest BCUT2D eigenvalue weighted by Gasteiger charge is -2.33. The van der Waals surface area contributed by atoms with Gasteiger partial charge in [-0.05, 0) is 39.2 Å². The lowest BCUT2D eigenvalue weighted by atomic mass is 9.89. The molecule has 7 nitrogen and oxygen atoms in total. The number of halogens is 1. The molecule has 0 spiro atoms. The summed E-state index contributed by atoms with van der Waals surface area (Å²) >= 11 is 0. The highest BCUT2D eigenvalue weighted by Gasteiger charge is 2.28. The third-order valence-corrected chi connectivity index (χ3v) is 5.97. The van der Waals surface area contributed by atoms with Crippen LogP contribution in [0.4, 0.5) is 0 Å². The molecule has 2 aliphatic rings. The standard InChI is InChI=1S/C24H40N4O3.HI/c1-4-25-23(27-17-24(3,29)18-28-11-14-30-15-12-28)26-16-21-6-5-13-31-22(21)20-9-7-19(2)8-10-20;/h7-10,21-22,29H,4-6,11-18H2,1-3H3,(H2,25,26,27);1H. The predicted molar refractivity (Wildman–Crippen MR) is 140 cm³/mol. The van der Waals surface area contributed by atoms with Crippen LogP contribution in [0.5, 0.6) is 0 Å². The largest absolute Gasteiger partial charge is 0.387 e. The monoisotopic (exact) mass is 560 g/mol. The minimum absolute atomic E-state index is 0. The molecule has 2 fully saturated rings. The first-order chi connectivity index (χ1) is 15.0. The first-order valence-corrected chi connectivity index (χ1v) is 11.7. The highest BCUT2D eigenvalue weighted by atomic mass is 127. The molecule has 0 aromatic heterocycles. The Morgan fingerprint density at radius 2 is 1.91 bits per heavy atom. The summed E-state index contributed by atoms with van der Waals surface area (Å²) in [6.45, 7) is 12.5. The van der Waals surface area contributed by atoms with E-state index in [4.69, 9.17) is 14.5 Å². The van der Waals surface area contributed by atoms with Crippen LogP contribution in [0.1, 0.15) is 43.9 Å². The number of hydrogen-bond donors (Lipinski definition) is 3. The van der Waals surface area contributed by atoms with Crippen LogP contribution in [0, 0.1) is 12.8 Å². The molecule has 2 saturated heterocycles. The van der Waals surface area contributed by atoms with E-state index in [2.05, 4.69) is 53.6 Å². The van der Waals surface area contributed by atoms with Gasteiger partial charge in [-0.25, -0.2) is 0 Å². The molecule has 182 valence electrons. The summed E-state index contributed by atoms with van der Waals surface area (Å²) in [4.78, 5) is 6.93. The number of β-amino-alcohol motifs (C(OH)–C–C–N with tert-alkyl or cyclic N) is 1. The van der Waals surface area contributed by atoms with Gasteiger partial charge < -0.3 is 25.2 Å². The van der Waals surface area contributed by atoms with E-state index in [1.807, 2.05) is 6.92 Å². The topological polar surface area (TPSA) is 78.4 Å². The number of benzene rings is 1. The van der Waals surface area contributed by atoms with Crippen LogP contribution >= 0.6 is 24.0 Å². The van der Waals surface area contributed by atoms with E-state index < -0.39 is 5.60 Å². The Kier molecular flexibility index (Phi) is 11.7. The number of nitrogens with zero attached hydrogens (tertiary/aromatic N) is 2. The fraction of sp³-hybridized carbons (Fsp3) is 0.708. The van der Waals surface area contributed by atoms with Gasteiger partial charge in [0.25, 0.3) is 0 Å². The van der Waals surface area contributed by atoms with Crippen LogP contribution < -0.4 is 10.6 Å². The van der Waals surface area contributed by atoms with Crippen LogP contribution in [-0.2, 0) is 9.47 Å². The van der Waals surface area contributed by atoms with Crippen molar-refractivity contribution in [1.29, 1.82) is 0 Å². The summed E-state index contributed by atoms with van der Waals surface area (Å²) in [5.41, 5.74) is 1.63. The van der Waals surface area contributed by atoms with Crippen molar-refractivity contribution >= 4 is 29.9 Å². The van der Waals surface area contributed by atoms with Crippen molar-refractivity contribution in [3.05, 3.63) is 35.4 Å². The summed E-state index contributed by atoms with van der Waals surface area (Å²) in [7, 11) is 0. The van der Waals surface area contributed by atoms with Crippen molar-refractivity contribution in [2.24, 2.45) is 10.9 Å². The molecule has 32 heavy (non-hydrogen) atoms. The van der Waals surface area contributed by atoms with Crippen molar-refractivity contribution in [3.8, 4) is 0 Å². The smallest absolute Gasteiger partial charge is 0.191 e. The lowest BCUT2D eigenvalue weighted by molar-refractivity contribution is -0.0266. The zero-order valence-electron chi connectivity index (χ0n) is 19.8. The molecule has 0 bridgehead atoms. The molecule has 2 aliphatic heterocycles. The summed E-state index contributed by atoms with van der Waals surface area (Å²) in [6, 6.07) is 8.67. The second-order valence-electron chi connectivity index (χ2n) is 9.07. The number of aliphatic hydroxyl groups is 1. The molecule has 3 atom stereocenters. The van der Waals surface area contributed by atoms with Crippen molar-refractivity contribution in [2.75, 3.05) is 59.1 Å². The van der Waals surface area contributed by atoms with Crippen LogP contribution in [0.15, 0.2) is 29.3 Å². The van der Waals surface area contributed by atoms with Gasteiger partial charge >= 0.3 is 0 Å². The molecule has 1 aromatic carbocycles. The number of rotatable bonds is 8. The van der Waals surface area contributed by atoms with Crippen molar-refractivity contribution in [1.82, 2.24) is 15.5 Å². The first kappa shape index (κ1) is 27.3. The summed E-state index contributed by atoms with van der Waals surface area (Å²) < 4.78 is 11.6. The fourth-order valence-electron chi connectivity index (χ4n) is 4.29. The van der Waals surface area contributed by atoms with Gasteiger partial charge in [0.1, 0.15) is 0 Å². The minimum Gasteiger partial charge on any atom is -0.387 e. The molecular weight excluding hydrogens is 519 g/mol. The Bertz CT molecular complexity index is 693. The van der Waals surface area contributed by atoms with Crippen LogP contribution in [0.25, 0.3) is 0 Å². The Morgan fingerprint density at radius 1 is 1.19 bits per heavy atom. The third kappa shape index (κ3) is 8.78. The zero-order chi connectivity index (χ0) is 22.1. The summed E-state index contributed by atoms with van der Waals surface area (Å²) in [6.07, 6.45) is 2.31. The first-order valence-electron chi connectivity index (χ1n) is 11.7. The average molecular weight is 561 g/mol. The molecule has 2 heterocycles. The molecule has 0 aliphatic carbocycles. The van der Waals surface area contributed by atoms with Crippen molar-refractivity contribution in [2.45, 2.75) is 45.3 Å². The summed E-state index contributed by atoms with van der Waals surface area (Å²) in [5, 5.41) is 17.7. The second kappa shape index (κ2) is 13.7. The minimum atomic E-state index is -0.877. The van der Waals surface area contributed by atoms with Gasteiger partial charge in [0, 0.05) is 45.2 Å². The second-order valence-corrected chi connectivity index (χ2v) is 9.07. The van der Waals surface area contributed by atoms with Crippen LogP contribution in [-0.4, -0.2) is 80.7 Å². The van der Waals surface area contributed by atoms with Gasteiger partial charge in [-0.2, -0.15) is 0 Å². The highest BCUT2D eigenvalue weighted by molar-refractivity contribution is 14.0. The molecule has 1 aromatic rings. The number of hydrogen-bond acceptors (Lipinski definition) is 5. The Balaban J connectivity index is 0.00000363. The molecule has 8 heteroatoms. The van der Waals surface area contributed by atoms with E-state index in [9.17, 15) is 5.11 Å². The average Bonchev–Trinajstić information content (AvgIpc) is 2.77. The van der Waals surface area contributed by atoms with Gasteiger partial charge in [0.05, 0.1) is 31.5 Å². The van der Waals surface area contributed by atoms with Gasteiger partial charge in [0.2, 0.25) is 0 Å². The Hall–Kier alpha value is -0.940. The summed E-state index contributed by atoms with van der Waals surface area (Å²) in [5.74, 6) is 1.13. The third-order valence-electron chi connectivity index (χ3n) is 5.97. The van der Waals surface area contributed by atoms with Crippen LogP contribution in [0.3, 0.4) is 0 Å². The van der Waals surface area contributed by atoms with E-state index in [-0.39, 0.29) is 30.1 Å². The molecule has 3 rings (SSSR count). The Labute approximate surface area is 210 Å². The van der Waals surface area contributed by atoms with E-state index >= 15 is 0 Å². The van der Waals surface area contributed by atoms with Crippen molar-refractivity contribution < 1.29 is 14.6 Å². The molecular formula is C24H41IN4O3. The van der Waals surface area contributed by atoms with E-state index in [0.717, 1.165) is 64.8 Å². The molecule has 3 N–H and O–H groups in total. The Morgan fingerprint density at radius 3 is 2.59 bits per heavy atom. The molecule has 0 radical (unpaired) electrons. The lowest BCUT2D eigenvalue weighted by Crippen LogP contribution is -2.48. The predicted octanol–water partition coefficient (Wildman–Crippen LogP) is 2.72. The molecule has 0 amide bonds. The van der Waals surface area contributed by atoms with E-state index in [1.165, 1.54) is 11.1 Å². The van der Waals surface area contributed by atoms with Gasteiger partial charge in [-0.1, -0.05) is 29.8 Å². The molecule has 0 saturated carbocycles. The number of nitrogens with one attached hydrogen (secondary N) is 2. The maximum absolute atomic E-state index is 10.8. The fourth-order valence-corrected chi connectivity index (χ4v) is 4.29.